The topological polar surface area (TPSA) is 98.1 Å². The standard InChI is InChI=1S/C22H24N2O6S/c1-3-29-16-5-7-18-15(4-9-22(25)26)14-24(20(18)12-16)31(27,28)17-6-8-19-21(13-17)30-11-10-23(19)2/h5-8,12-14H,3-4,9-11H2,1-2H3,(H,25,26). The van der Waals surface area contributed by atoms with Crippen LogP contribution < -0.4 is 14.4 Å². The van der Waals surface area contributed by atoms with E-state index in [4.69, 9.17) is 14.6 Å². The third kappa shape index (κ3) is 3.93. The van der Waals surface area contributed by atoms with E-state index in [1.54, 1.807) is 30.3 Å². The number of hydrogen-bond acceptors (Lipinski definition) is 6. The van der Waals surface area contributed by atoms with Crippen molar-refractivity contribution >= 4 is 32.6 Å². The molecule has 0 spiro atoms. The van der Waals surface area contributed by atoms with Crippen LogP contribution in [0.25, 0.3) is 10.9 Å². The number of aromatic nitrogens is 1. The van der Waals surface area contributed by atoms with Gasteiger partial charge < -0.3 is 19.5 Å². The second kappa shape index (κ2) is 8.14. The minimum atomic E-state index is -3.95. The van der Waals surface area contributed by atoms with Crippen LogP contribution in [0.15, 0.2) is 47.5 Å². The maximum absolute atomic E-state index is 13.6. The van der Waals surface area contributed by atoms with Gasteiger partial charge in [0.15, 0.2) is 0 Å². The maximum Gasteiger partial charge on any atom is 0.303 e. The van der Waals surface area contributed by atoms with Gasteiger partial charge in [-0.3, -0.25) is 4.79 Å². The van der Waals surface area contributed by atoms with Gasteiger partial charge in [-0.25, -0.2) is 12.4 Å². The van der Waals surface area contributed by atoms with Gasteiger partial charge in [-0.15, -0.1) is 0 Å². The SMILES string of the molecule is CCOc1ccc2c(CCC(=O)O)cn(S(=O)(=O)c3ccc4c(c3)OCCN4C)c2c1. The van der Waals surface area contributed by atoms with Crippen molar-refractivity contribution in [3.8, 4) is 11.5 Å². The smallest absolute Gasteiger partial charge is 0.303 e. The van der Waals surface area contributed by atoms with Crippen LogP contribution in [0.3, 0.4) is 0 Å². The second-order valence-electron chi connectivity index (χ2n) is 7.36. The predicted octanol–water partition coefficient (Wildman–Crippen LogP) is 3.12. The summed E-state index contributed by atoms with van der Waals surface area (Å²) in [4.78, 5) is 13.2. The molecule has 0 bridgehead atoms. The van der Waals surface area contributed by atoms with E-state index in [9.17, 15) is 13.2 Å². The zero-order chi connectivity index (χ0) is 22.2. The van der Waals surface area contributed by atoms with E-state index in [1.807, 2.05) is 18.9 Å². The number of carbonyl (C=O) groups is 1. The fourth-order valence-electron chi connectivity index (χ4n) is 3.75. The van der Waals surface area contributed by atoms with Crippen LogP contribution in [0.1, 0.15) is 18.9 Å². The second-order valence-corrected chi connectivity index (χ2v) is 9.18. The summed E-state index contributed by atoms with van der Waals surface area (Å²) < 4.78 is 39.6. The van der Waals surface area contributed by atoms with Crippen molar-refractivity contribution in [3.63, 3.8) is 0 Å². The van der Waals surface area contributed by atoms with Crippen molar-refractivity contribution in [1.82, 2.24) is 3.97 Å². The molecule has 0 atom stereocenters. The largest absolute Gasteiger partial charge is 0.494 e. The zero-order valence-corrected chi connectivity index (χ0v) is 18.2. The first-order valence-corrected chi connectivity index (χ1v) is 11.5. The summed E-state index contributed by atoms with van der Waals surface area (Å²) in [6.45, 7) is 3.51. The number of hydrogen-bond donors (Lipinski definition) is 1. The fourth-order valence-corrected chi connectivity index (χ4v) is 5.15. The van der Waals surface area contributed by atoms with Gasteiger partial charge in [0, 0.05) is 37.2 Å². The van der Waals surface area contributed by atoms with Crippen LogP contribution >= 0.6 is 0 Å². The Hall–Kier alpha value is -3.20. The molecule has 0 amide bonds. The number of aryl methyl sites for hydroxylation is 1. The summed E-state index contributed by atoms with van der Waals surface area (Å²) in [5.41, 5.74) is 1.93. The van der Waals surface area contributed by atoms with Crippen molar-refractivity contribution < 1.29 is 27.8 Å². The van der Waals surface area contributed by atoms with Gasteiger partial charge in [0.25, 0.3) is 10.0 Å². The van der Waals surface area contributed by atoms with Gasteiger partial charge >= 0.3 is 5.97 Å². The Balaban J connectivity index is 1.85. The number of carboxylic acids is 1. The van der Waals surface area contributed by atoms with Gasteiger partial charge in [0.05, 0.1) is 29.3 Å². The first kappa shape index (κ1) is 21.0. The quantitative estimate of drug-likeness (QED) is 0.598. The third-order valence-electron chi connectivity index (χ3n) is 5.33. The Bertz CT molecular complexity index is 1250. The van der Waals surface area contributed by atoms with E-state index in [0.29, 0.717) is 41.2 Å². The minimum Gasteiger partial charge on any atom is -0.494 e. The summed E-state index contributed by atoms with van der Waals surface area (Å²) in [5, 5.41) is 9.76. The number of aliphatic carboxylic acids is 1. The van der Waals surface area contributed by atoms with Gasteiger partial charge in [-0.2, -0.15) is 0 Å². The highest BCUT2D eigenvalue weighted by Gasteiger charge is 2.25. The predicted molar refractivity (Wildman–Crippen MR) is 117 cm³/mol. The number of anilines is 1. The van der Waals surface area contributed by atoms with E-state index >= 15 is 0 Å². The molecule has 31 heavy (non-hydrogen) atoms. The van der Waals surface area contributed by atoms with Crippen LogP contribution in [-0.4, -0.2) is 50.3 Å². The van der Waals surface area contributed by atoms with Crippen molar-refractivity contribution in [2.75, 3.05) is 31.7 Å². The Morgan fingerprint density at radius 2 is 2.03 bits per heavy atom. The lowest BCUT2D eigenvalue weighted by molar-refractivity contribution is -0.136. The number of fused-ring (bicyclic) bond motifs is 2. The average molecular weight is 445 g/mol. The van der Waals surface area contributed by atoms with Gasteiger partial charge in [0.1, 0.15) is 18.1 Å². The first-order valence-electron chi connectivity index (χ1n) is 10.0. The molecule has 0 unspecified atom stereocenters. The van der Waals surface area contributed by atoms with Gasteiger partial charge in [0.2, 0.25) is 0 Å². The van der Waals surface area contributed by atoms with Crippen molar-refractivity contribution in [1.29, 1.82) is 0 Å². The number of rotatable bonds is 7. The lowest BCUT2D eigenvalue weighted by Crippen LogP contribution is -2.29. The summed E-state index contributed by atoms with van der Waals surface area (Å²) >= 11 is 0. The molecule has 8 nitrogen and oxygen atoms in total. The molecule has 2 heterocycles. The molecule has 0 radical (unpaired) electrons. The molecule has 3 aromatic rings. The van der Waals surface area contributed by atoms with E-state index in [0.717, 1.165) is 12.2 Å². The fraction of sp³-hybridized carbons (Fsp3) is 0.318. The lowest BCUT2D eigenvalue weighted by atomic mass is 10.1. The van der Waals surface area contributed by atoms with Crippen molar-refractivity contribution in [2.24, 2.45) is 0 Å². The Kier molecular flexibility index (Phi) is 5.53. The molecule has 0 fully saturated rings. The van der Waals surface area contributed by atoms with Crippen molar-refractivity contribution in [2.45, 2.75) is 24.7 Å². The molecule has 1 aliphatic heterocycles. The molecular weight excluding hydrogens is 420 g/mol. The van der Waals surface area contributed by atoms with Crippen LogP contribution in [0, 0.1) is 0 Å². The molecule has 0 saturated carbocycles. The van der Waals surface area contributed by atoms with Crippen LogP contribution in [0.4, 0.5) is 5.69 Å². The number of likely N-dealkylation sites (N-methyl/N-ethyl adjacent to an activating group) is 1. The van der Waals surface area contributed by atoms with Crippen molar-refractivity contribution in [3.05, 3.63) is 48.2 Å². The molecule has 1 N–H and O–H groups in total. The number of nitrogens with zero attached hydrogens (tertiary/aromatic N) is 2. The summed E-state index contributed by atoms with van der Waals surface area (Å²) in [5.74, 6) is 0.128. The molecule has 2 aromatic carbocycles. The molecular formula is C22H24N2O6S. The third-order valence-corrected chi connectivity index (χ3v) is 7.00. The average Bonchev–Trinajstić information content (AvgIpc) is 3.11. The maximum atomic E-state index is 13.6. The summed E-state index contributed by atoms with van der Waals surface area (Å²) in [6.07, 6.45) is 1.64. The lowest BCUT2D eigenvalue weighted by Gasteiger charge is -2.27. The van der Waals surface area contributed by atoms with Crippen LogP contribution in [0.2, 0.25) is 0 Å². The molecule has 0 aliphatic carbocycles. The highest BCUT2D eigenvalue weighted by atomic mass is 32.2. The number of benzene rings is 2. The van der Waals surface area contributed by atoms with E-state index < -0.39 is 16.0 Å². The molecule has 1 aliphatic rings. The number of ether oxygens (including phenoxy) is 2. The Morgan fingerprint density at radius 3 is 2.77 bits per heavy atom. The molecule has 1 aromatic heterocycles. The molecule has 9 heteroatoms. The summed E-state index contributed by atoms with van der Waals surface area (Å²) in [6, 6.07) is 10.0. The van der Waals surface area contributed by atoms with Gasteiger partial charge in [-0.05, 0) is 43.2 Å². The molecule has 164 valence electrons. The Morgan fingerprint density at radius 1 is 1.23 bits per heavy atom. The molecule has 4 rings (SSSR count). The van der Waals surface area contributed by atoms with E-state index in [1.165, 1.54) is 16.2 Å². The summed E-state index contributed by atoms with van der Waals surface area (Å²) in [7, 11) is -2.02. The zero-order valence-electron chi connectivity index (χ0n) is 17.4. The normalized spacial score (nSPS) is 13.7. The number of carboxylic acid groups (broad SMARTS) is 1. The highest BCUT2D eigenvalue weighted by Crippen LogP contribution is 2.35. The van der Waals surface area contributed by atoms with E-state index in [-0.39, 0.29) is 17.7 Å². The van der Waals surface area contributed by atoms with Gasteiger partial charge in [-0.1, -0.05) is 0 Å². The van der Waals surface area contributed by atoms with E-state index in [2.05, 4.69) is 0 Å². The first-order chi connectivity index (χ1) is 14.8. The highest BCUT2D eigenvalue weighted by molar-refractivity contribution is 7.90. The molecule has 0 saturated heterocycles. The Labute approximate surface area is 180 Å². The minimum absolute atomic E-state index is 0.0919. The van der Waals surface area contributed by atoms with Crippen LogP contribution in [0.5, 0.6) is 11.5 Å². The van der Waals surface area contributed by atoms with Crippen LogP contribution in [-0.2, 0) is 21.2 Å². The monoisotopic (exact) mass is 444 g/mol.